The predicted molar refractivity (Wildman–Crippen MR) is 38.0 cm³/mol. The van der Waals surface area contributed by atoms with Gasteiger partial charge < -0.3 is 25.4 Å². The van der Waals surface area contributed by atoms with Crippen LogP contribution in [-0.4, -0.2) is 53.5 Å². The summed E-state index contributed by atoms with van der Waals surface area (Å²) in [6.45, 7) is -0.490. The molecule has 0 amide bonds. The van der Waals surface area contributed by atoms with Crippen LogP contribution in [0.25, 0.3) is 0 Å². The van der Waals surface area contributed by atoms with Crippen molar-refractivity contribution in [3.63, 3.8) is 0 Å². The van der Waals surface area contributed by atoms with Gasteiger partial charge in [-0.25, -0.2) is 0 Å². The van der Waals surface area contributed by atoms with Gasteiger partial charge in [0.2, 0.25) is 0 Å². The molecule has 0 radical (unpaired) electrons. The van der Waals surface area contributed by atoms with Crippen molar-refractivity contribution in [3.05, 3.63) is 0 Å². The lowest BCUT2D eigenvalue weighted by Crippen LogP contribution is -2.49. The summed E-state index contributed by atoms with van der Waals surface area (Å²) in [5.74, 6) is 0. The predicted octanol–water partition coefficient (Wildman–Crippen LogP) is -2.51. The van der Waals surface area contributed by atoms with Gasteiger partial charge in [0.05, 0.1) is 18.8 Å². The second kappa shape index (κ2) is 5.20. The standard InChI is InChI=1S/C6H13NO4/c1-7-6(4(10)2-8)5(11)3-9/h2,4-7,9-11H,3H2,1H3/t4-,5+,6-/m0/s1. The number of hydrogen-bond acceptors (Lipinski definition) is 5. The van der Waals surface area contributed by atoms with Crippen LogP contribution in [0.1, 0.15) is 0 Å². The molecule has 4 N–H and O–H groups in total. The van der Waals surface area contributed by atoms with Gasteiger partial charge in [-0.05, 0) is 7.05 Å². The summed E-state index contributed by atoms with van der Waals surface area (Å²) < 4.78 is 0. The number of nitrogens with one attached hydrogen (secondary N) is 1. The van der Waals surface area contributed by atoms with E-state index in [1.54, 1.807) is 0 Å². The molecule has 5 heteroatoms. The molecule has 0 aliphatic rings. The molecule has 5 nitrogen and oxygen atoms in total. The van der Waals surface area contributed by atoms with E-state index >= 15 is 0 Å². The summed E-state index contributed by atoms with van der Waals surface area (Å²) in [7, 11) is 1.48. The molecule has 0 bridgehead atoms. The molecule has 0 aliphatic carbocycles. The Morgan fingerprint density at radius 3 is 2.36 bits per heavy atom. The van der Waals surface area contributed by atoms with Gasteiger partial charge in [-0.2, -0.15) is 0 Å². The van der Waals surface area contributed by atoms with Crippen molar-refractivity contribution in [2.75, 3.05) is 13.7 Å². The van der Waals surface area contributed by atoms with E-state index in [1.807, 2.05) is 0 Å². The van der Waals surface area contributed by atoms with Crippen LogP contribution in [0.4, 0.5) is 0 Å². The topological polar surface area (TPSA) is 89.8 Å². The molecule has 0 heterocycles. The number of hydrogen-bond donors (Lipinski definition) is 4. The molecule has 0 aliphatic heterocycles. The molecule has 0 unspecified atom stereocenters. The summed E-state index contributed by atoms with van der Waals surface area (Å²) in [5, 5.41) is 28.9. The average molecular weight is 163 g/mol. The largest absolute Gasteiger partial charge is 0.394 e. The van der Waals surface area contributed by atoms with Gasteiger partial charge in [-0.15, -0.1) is 0 Å². The van der Waals surface area contributed by atoms with E-state index in [2.05, 4.69) is 5.32 Å². The highest BCUT2D eigenvalue weighted by molar-refractivity contribution is 5.57. The number of likely N-dealkylation sites (N-methyl/N-ethyl adjacent to an activating group) is 1. The number of aldehydes is 1. The third-order valence-corrected chi connectivity index (χ3v) is 1.44. The minimum Gasteiger partial charge on any atom is -0.394 e. The molecule has 3 atom stereocenters. The highest BCUT2D eigenvalue weighted by Gasteiger charge is 2.23. The van der Waals surface area contributed by atoms with Gasteiger partial charge in [0, 0.05) is 0 Å². The molecule has 0 saturated carbocycles. The number of aliphatic hydroxyl groups excluding tert-OH is 3. The molecule has 0 saturated heterocycles. The molecule has 11 heavy (non-hydrogen) atoms. The Morgan fingerprint density at radius 2 is 2.09 bits per heavy atom. The third-order valence-electron chi connectivity index (χ3n) is 1.44. The fourth-order valence-electron chi connectivity index (χ4n) is 0.789. The van der Waals surface area contributed by atoms with Crippen molar-refractivity contribution in [2.45, 2.75) is 18.2 Å². The Hall–Kier alpha value is -0.490. The monoisotopic (exact) mass is 163 g/mol. The lowest BCUT2D eigenvalue weighted by molar-refractivity contribution is -0.118. The zero-order valence-electron chi connectivity index (χ0n) is 6.27. The Kier molecular flexibility index (Phi) is 4.97. The second-order valence-electron chi connectivity index (χ2n) is 2.19. The van der Waals surface area contributed by atoms with Gasteiger partial charge in [0.1, 0.15) is 12.4 Å². The first-order valence-electron chi connectivity index (χ1n) is 3.27. The van der Waals surface area contributed by atoms with Crippen LogP contribution in [0.5, 0.6) is 0 Å². The van der Waals surface area contributed by atoms with Gasteiger partial charge in [-0.1, -0.05) is 0 Å². The van der Waals surface area contributed by atoms with Crippen molar-refractivity contribution in [1.82, 2.24) is 5.32 Å². The van der Waals surface area contributed by atoms with Crippen molar-refractivity contribution in [3.8, 4) is 0 Å². The van der Waals surface area contributed by atoms with Crippen molar-refractivity contribution < 1.29 is 20.1 Å². The molecule has 0 rings (SSSR count). The fraction of sp³-hybridized carbons (Fsp3) is 0.833. The van der Waals surface area contributed by atoms with Gasteiger partial charge in [0.25, 0.3) is 0 Å². The number of rotatable bonds is 5. The first-order chi connectivity index (χ1) is 5.17. The lowest BCUT2D eigenvalue weighted by Gasteiger charge is -2.22. The van der Waals surface area contributed by atoms with Crippen LogP contribution in [0, 0.1) is 0 Å². The Bertz CT molecular complexity index is 119. The van der Waals surface area contributed by atoms with E-state index in [0.29, 0.717) is 6.29 Å². The van der Waals surface area contributed by atoms with E-state index in [1.165, 1.54) is 7.05 Å². The zero-order chi connectivity index (χ0) is 8.85. The van der Waals surface area contributed by atoms with Crippen molar-refractivity contribution in [2.24, 2.45) is 0 Å². The van der Waals surface area contributed by atoms with Crippen LogP contribution in [0.3, 0.4) is 0 Å². The Morgan fingerprint density at radius 1 is 1.55 bits per heavy atom. The van der Waals surface area contributed by atoms with E-state index < -0.39 is 24.9 Å². The van der Waals surface area contributed by atoms with Crippen LogP contribution in [0.15, 0.2) is 0 Å². The van der Waals surface area contributed by atoms with Crippen molar-refractivity contribution in [1.29, 1.82) is 0 Å². The molecule has 0 fully saturated rings. The number of carbonyl (C=O) groups is 1. The van der Waals surface area contributed by atoms with Gasteiger partial charge in [-0.3, -0.25) is 0 Å². The molecule has 0 aromatic rings. The normalized spacial score (nSPS) is 18.9. The Balaban J connectivity index is 4.02. The smallest absolute Gasteiger partial charge is 0.150 e. The summed E-state index contributed by atoms with van der Waals surface area (Å²) >= 11 is 0. The van der Waals surface area contributed by atoms with Crippen LogP contribution >= 0.6 is 0 Å². The number of aliphatic hydroxyl groups is 3. The summed E-state index contributed by atoms with van der Waals surface area (Å²) in [5.41, 5.74) is 0. The molecule has 0 aromatic heterocycles. The SMILES string of the molecule is CN[C@H]([C@H](O)CO)[C@@H](O)C=O. The van der Waals surface area contributed by atoms with Crippen LogP contribution in [0.2, 0.25) is 0 Å². The lowest BCUT2D eigenvalue weighted by atomic mass is 10.1. The summed E-state index contributed by atoms with van der Waals surface area (Å²) in [6.07, 6.45) is -2.11. The van der Waals surface area contributed by atoms with E-state index in [-0.39, 0.29) is 0 Å². The minimum absolute atomic E-state index is 0.306. The molecule has 0 aromatic carbocycles. The van der Waals surface area contributed by atoms with Crippen LogP contribution < -0.4 is 5.32 Å². The number of carbonyl (C=O) groups excluding carboxylic acids is 1. The van der Waals surface area contributed by atoms with E-state index in [0.717, 1.165) is 0 Å². The van der Waals surface area contributed by atoms with Crippen molar-refractivity contribution >= 4 is 6.29 Å². The maximum Gasteiger partial charge on any atom is 0.150 e. The summed E-state index contributed by atoms with van der Waals surface area (Å²) in [6, 6.07) is -0.808. The van der Waals surface area contributed by atoms with E-state index in [4.69, 9.17) is 15.3 Å². The van der Waals surface area contributed by atoms with Gasteiger partial charge >= 0.3 is 0 Å². The van der Waals surface area contributed by atoms with E-state index in [9.17, 15) is 4.79 Å². The fourth-order valence-corrected chi connectivity index (χ4v) is 0.789. The molecular formula is C6H13NO4. The maximum atomic E-state index is 10.0. The molecule has 66 valence electrons. The first kappa shape index (κ1) is 10.5. The third kappa shape index (κ3) is 2.94. The highest BCUT2D eigenvalue weighted by Crippen LogP contribution is 1.96. The second-order valence-corrected chi connectivity index (χ2v) is 2.19. The Labute approximate surface area is 64.7 Å². The van der Waals surface area contributed by atoms with Gasteiger partial charge in [0.15, 0.2) is 0 Å². The minimum atomic E-state index is -1.29. The molecular weight excluding hydrogens is 150 g/mol. The quantitative estimate of drug-likeness (QED) is 0.336. The zero-order valence-corrected chi connectivity index (χ0v) is 6.27. The molecule has 0 spiro atoms. The summed E-state index contributed by atoms with van der Waals surface area (Å²) in [4.78, 5) is 10.0. The first-order valence-corrected chi connectivity index (χ1v) is 3.27. The maximum absolute atomic E-state index is 10.0. The highest BCUT2D eigenvalue weighted by atomic mass is 16.3. The van der Waals surface area contributed by atoms with Crippen LogP contribution in [-0.2, 0) is 4.79 Å². The average Bonchev–Trinajstić information content (AvgIpc) is 2.05.